The first-order valence-electron chi connectivity index (χ1n) is 7.74. The third-order valence-electron chi connectivity index (χ3n) is 3.81. The van der Waals surface area contributed by atoms with Gasteiger partial charge in [0, 0.05) is 24.5 Å². The zero-order valence-electron chi connectivity index (χ0n) is 14.1. The lowest BCUT2D eigenvalue weighted by Crippen LogP contribution is -2.17. The second kappa shape index (κ2) is 7.23. The summed E-state index contributed by atoms with van der Waals surface area (Å²) in [7, 11) is 1.33. The van der Waals surface area contributed by atoms with E-state index < -0.39 is 40.0 Å². The lowest BCUT2D eigenvalue weighted by molar-refractivity contribution is 0.0849. The van der Waals surface area contributed by atoms with Crippen LogP contribution in [0.1, 0.15) is 16.1 Å². The Hall–Kier alpha value is -2.94. The molecule has 0 saturated carbocycles. The summed E-state index contributed by atoms with van der Waals surface area (Å²) in [6, 6.07) is 7.35. The Kier molecular flexibility index (Phi) is 5.12. The van der Waals surface area contributed by atoms with E-state index in [-0.39, 0.29) is 16.8 Å². The standard InChI is InChI=1S/C18H11ClF5N3O/c1-27-8-11(16(26-27)18(19,23)24)17(28)25-14-5-3-2-4-10(14)9-6-12(20)15(22)13(21)7-9/h2-8H,1H3,(H,25,28). The molecule has 0 radical (unpaired) electrons. The first kappa shape index (κ1) is 19.8. The molecule has 0 bridgehead atoms. The Balaban J connectivity index is 2.01. The molecule has 0 fully saturated rings. The number of anilines is 1. The van der Waals surface area contributed by atoms with Gasteiger partial charge in [-0.2, -0.15) is 13.9 Å². The number of carbonyl (C=O) groups excluding carboxylic acids is 1. The molecule has 0 unspecified atom stereocenters. The quantitative estimate of drug-likeness (QED) is 0.368. The van der Waals surface area contributed by atoms with Crippen molar-refractivity contribution in [1.82, 2.24) is 9.78 Å². The molecule has 0 spiro atoms. The van der Waals surface area contributed by atoms with E-state index in [0.717, 1.165) is 23.0 Å². The summed E-state index contributed by atoms with van der Waals surface area (Å²) in [4.78, 5) is 12.5. The highest BCUT2D eigenvalue weighted by Gasteiger charge is 2.36. The second-order valence-corrected chi connectivity index (χ2v) is 6.29. The van der Waals surface area contributed by atoms with E-state index in [4.69, 9.17) is 11.6 Å². The number of alkyl halides is 3. The number of aryl methyl sites for hydroxylation is 1. The lowest BCUT2D eigenvalue weighted by Gasteiger charge is -2.12. The van der Waals surface area contributed by atoms with Gasteiger partial charge in [-0.05, 0) is 35.4 Å². The van der Waals surface area contributed by atoms with Gasteiger partial charge in [0.25, 0.3) is 5.91 Å². The molecule has 2 aromatic carbocycles. The number of carbonyl (C=O) groups is 1. The molecular formula is C18H11ClF5N3O. The van der Waals surface area contributed by atoms with Crippen molar-refractivity contribution >= 4 is 23.2 Å². The minimum absolute atomic E-state index is 0.0543. The molecule has 1 heterocycles. The molecule has 0 aliphatic carbocycles. The molecule has 1 N–H and O–H groups in total. The summed E-state index contributed by atoms with van der Waals surface area (Å²) in [6.07, 6.45) is 1.06. The van der Waals surface area contributed by atoms with Crippen LogP contribution in [-0.2, 0) is 12.4 Å². The largest absolute Gasteiger partial charge is 0.367 e. The summed E-state index contributed by atoms with van der Waals surface area (Å²) in [5.74, 6) is -5.41. The van der Waals surface area contributed by atoms with E-state index in [2.05, 4.69) is 10.4 Å². The smallest absolute Gasteiger partial charge is 0.321 e. The SMILES string of the molecule is Cn1cc(C(=O)Nc2ccccc2-c2cc(F)c(F)c(F)c2)c(C(F)(F)Cl)n1. The normalized spacial score (nSPS) is 11.5. The molecule has 0 aliphatic rings. The lowest BCUT2D eigenvalue weighted by atomic mass is 10.0. The van der Waals surface area contributed by atoms with Gasteiger partial charge < -0.3 is 5.32 Å². The Morgan fingerprint density at radius 3 is 2.36 bits per heavy atom. The summed E-state index contributed by atoms with van der Waals surface area (Å²) in [5, 5.41) is 1.99. The van der Waals surface area contributed by atoms with Crippen molar-refractivity contribution < 1.29 is 26.7 Å². The predicted molar refractivity (Wildman–Crippen MR) is 92.7 cm³/mol. The van der Waals surface area contributed by atoms with Crippen molar-refractivity contribution in [2.24, 2.45) is 7.05 Å². The van der Waals surface area contributed by atoms with E-state index in [1.165, 1.54) is 31.3 Å². The van der Waals surface area contributed by atoms with Gasteiger partial charge in [-0.3, -0.25) is 9.48 Å². The maximum atomic E-state index is 13.6. The number of rotatable bonds is 4. The Morgan fingerprint density at radius 1 is 1.14 bits per heavy atom. The molecule has 1 amide bonds. The van der Waals surface area contributed by atoms with Crippen molar-refractivity contribution in [1.29, 1.82) is 0 Å². The van der Waals surface area contributed by atoms with Gasteiger partial charge in [-0.25, -0.2) is 13.2 Å². The molecule has 4 nitrogen and oxygen atoms in total. The maximum absolute atomic E-state index is 13.6. The van der Waals surface area contributed by atoms with Crippen LogP contribution in [0, 0.1) is 17.5 Å². The van der Waals surface area contributed by atoms with E-state index in [9.17, 15) is 26.7 Å². The van der Waals surface area contributed by atoms with Gasteiger partial charge in [0.2, 0.25) is 0 Å². The van der Waals surface area contributed by atoms with Crippen LogP contribution in [0.15, 0.2) is 42.6 Å². The molecule has 1 aromatic heterocycles. The van der Waals surface area contributed by atoms with Crippen LogP contribution in [-0.4, -0.2) is 15.7 Å². The molecule has 146 valence electrons. The molecule has 3 rings (SSSR count). The van der Waals surface area contributed by atoms with Crippen LogP contribution < -0.4 is 5.32 Å². The van der Waals surface area contributed by atoms with E-state index >= 15 is 0 Å². The van der Waals surface area contributed by atoms with Crippen LogP contribution in [0.25, 0.3) is 11.1 Å². The maximum Gasteiger partial charge on any atom is 0.367 e. The number of para-hydroxylation sites is 1. The summed E-state index contributed by atoms with van der Waals surface area (Å²) in [5.41, 5.74) is -1.26. The molecule has 10 heteroatoms. The monoisotopic (exact) mass is 415 g/mol. The van der Waals surface area contributed by atoms with Gasteiger partial charge in [0.1, 0.15) is 0 Å². The molecular weight excluding hydrogens is 405 g/mol. The third kappa shape index (κ3) is 3.84. The fourth-order valence-electron chi connectivity index (χ4n) is 2.61. The Labute approximate surface area is 160 Å². The fraction of sp³-hybridized carbons (Fsp3) is 0.111. The number of hydrogen-bond donors (Lipinski definition) is 1. The van der Waals surface area contributed by atoms with Gasteiger partial charge in [0.05, 0.1) is 5.56 Å². The van der Waals surface area contributed by atoms with Crippen LogP contribution in [0.3, 0.4) is 0 Å². The van der Waals surface area contributed by atoms with Crippen molar-refractivity contribution in [2.45, 2.75) is 5.38 Å². The minimum Gasteiger partial charge on any atom is -0.321 e. The van der Waals surface area contributed by atoms with Crippen molar-refractivity contribution in [3.8, 4) is 11.1 Å². The molecule has 28 heavy (non-hydrogen) atoms. The topological polar surface area (TPSA) is 46.9 Å². The number of nitrogens with zero attached hydrogens (tertiary/aromatic N) is 2. The second-order valence-electron chi connectivity index (χ2n) is 5.82. The molecule has 3 aromatic rings. The number of benzene rings is 2. The summed E-state index contributed by atoms with van der Waals surface area (Å²) < 4.78 is 68.3. The van der Waals surface area contributed by atoms with Crippen LogP contribution in [0.2, 0.25) is 0 Å². The molecule has 0 aliphatic heterocycles. The average Bonchev–Trinajstić information content (AvgIpc) is 3.02. The number of nitrogens with one attached hydrogen (secondary N) is 1. The predicted octanol–water partition coefficient (Wildman–Crippen LogP) is 5.04. The minimum atomic E-state index is -3.88. The van der Waals surface area contributed by atoms with E-state index in [0.29, 0.717) is 0 Å². The first-order valence-corrected chi connectivity index (χ1v) is 8.12. The summed E-state index contributed by atoms with van der Waals surface area (Å²) in [6.45, 7) is 0. The van der Waals surface area contributed by atoms with Crippen molar-refractivity contribution in [3.05, 3.63) is 71.3 Å². The fourth-order valence-corrected chi connectivity index (χ4v) is 2.75. The average molecular weight is 416 g/mol. The van der Waals surface area contributed by atoms with Crippen LogP contribution in [0.4, 0.5) is 27.6 Å². The summed E-state index contributed by atoms with van der Waals surface area (Å²) >= 11 is 4.99. The van der Waals surface area contributed by atoms with E-state index in [1.54, 1.807) is 0 Å². The highest BCUT2D eigenvalue weighted by atomic mass is 35.5. The van der Waals surface area contributed by atoms with Crippen molar-refractivity contribution in [2.75, 3.05) is 5.32 Å². The number of amides is 1. The van der Waals surface area contributed by atoms with Crippen LogP contribution >= 0.6 is 11.6 Å². The molecule has 0 atom stereocenters. The molecule has 0 saturated heterocycles. The van der Waals surface area contributed by atoms with Crippen molar-refractivity contribution in [3.63, 3.8) is 0 Å². The third-order valence-corrected chi connectivity index (χ3v) is 3.99. The Morgan fingerprint density at radius 2 is 1.75 bits per heavy atom. The highest BCUT2D eigenvalue weighted by Crippen LogP contribution is 2.35. The first-order chi connectivity index (χ1) is 13.1. The van der Waals surface area contributed by atoms with Gasteiger partial charge in [0.15, 0.2) is 23.1 Å². The number of aromatic nitrogens is 2. The van der Waals surface area contributed by atoms with E-state index in [1.807, 2.05) is 0 Å². The Bertz CT molecular complexity index is 1040. The van der Waals surface area contributed by atoms with Gasteiger partial charge in [-0.15, -0.1) is 0 Å². The number of hydrogen-bond acceptors (Lipinski definition) is 2. The number of halogens is 6. The van der Waals surface area contributed by atoms with Crippen LogP contribution in [0.5, 0.6) is 0 Å². The van der Waals surface area contributed by atoms with Gasteiger partial charge >= 0.3 is 5.38 Å². The zero-order valence-corrected chi connectivity index (χ0v) is 14.9. The highest BCUT2D eigenvalue weighted by molar-refractivity contribution is 6.22. The van der Waals surface area contributed by atoms with Gasteiger partial charge in [-0.1, -0.05) is 18.2 Å². The zero-order chi connectivity index (χ0) is 20.6.